The Labute approximate surface area is 151 Å². The number of halogens is 1. The summed E-state index contributed by atoms with van der Waals surface area (Å²) in [7, 11) is 0. The molecule has 0 fully saturated rings. The van der Waals surface area contributed by atoms with Crippen LogP contribution in [0.2, 0.25) is 0 Å². The van der Waals surface area contributed by atoms with Crippen molar-refractivity contribution in [3.63, 3.8) is 0 Å². The predicted molar refractivity (Wildman–Crippen MR) is 95.0 cm³/mol. The number of ketones is 1. The molecule has 0 saturated heterocycles. The molecule has 0 atom stereocenters. The van der Waals surface area contributed by atoms with Gasteiger partial charge in [-0.2, -0.15) is 5.26 Å². The first-order valence-corrected chi connectivity index (χ1v) is 8.72. The Hall–Kier alpha value is -2.13. The van der Waals surface area contributed by atoms with Crippen molar-refractivity contribution in [1.82, 2.24) is 5.16 Å². The summed E-state index contributed by atoms with van der Waals surface area (Å²) in [6.45, 7) is 9.52. The SMILES string of the molecule is CC(C)(Sc1ccc(C#N)cc1F)C(=O)Cc1cc(C(C)(C)C)on1. The van der Waals surface area contributed by atoms with Crippen LogP contribution in [0.3, 0.4) is 0 Å². The Morgan fingerprint density at radius 2 is 1.96 bits per heavy atom. The number of nitrogens with zero attached hydrogens (tertiary/aromatic N) is 2. The first kappa shape index (κ1) is 19.2. The Kier molecular flexibility index (Phi) is 5.38. The summed E-state index contributed by atoms with van der Waals surface area (Å²) in [5, 5.41) is 12.8. The van der Waals surface area contributed by atoms with Crippen molar-refractivity contribution in [2.24, 2.45) is 0 Å². The van der Waals surface area contributed by atoms with Crippen molar-refractivity contribution < 1.29 is 13.7 Å². The van der Waals surface area contributed by atoms with E-state index in [0.29, 0.717) is 10.6 Å². The van der Waals surface area contributed by atoms with Crippen LogP contribution in [0, 0.1) is 17.1 Å². The molecule has 0 spiro atoms. The van der Waals surface area contributed by atoms with Crippen LogP contribution in [-0.4, -0.2) is 15.7 Å². The zero-order valence-corrected chi connectivity index (χ0v) is 15.8. The number of benzene rings is 1. The summed E-state index contributed by atoms with van der Waals surface area (Å²) >= 11 is 1.14. The second-order valence-corrected chi connectivity index (χ2v) is 9.07. The maximum Gasteiger partial charge on any atom is 0.154 e. The fraction of sp³-hybridized carbons (Fsp3) is 0.421. The van der Waals surface area contributed by atoms with Crippen LogP contribution in [0.4, 0.5) is 4.39 Å². The van der Waals surface area contributed by atoms with Crippen LogP contribution in [0.1, 0.15) is 51.6 Å². The average Bonchev–Trinajstić information content (AvgIpc) is 2.97. The van der Waals surface area contributed by atoms with Gasteiger partial charge in [0.25, 0.3) is 0 Å². The molecule has 0 saturated carbocycles. The molecule has 6 heteroatoms. The highest BCUT2D eigenvalue weighted by molar-refractivity contribution is 8.01. The minimum Gasteiger partial charge on any atom is -0.361 e. The molecular weight excluding hydrogens is 339 g/mol. The molecule has 132 valence electrons. The Bertz CT molecular complexity index is 829. The molecule has 1 heterocycles. The molecule has 0 aliphatic carbocycles. The number of carbonyl (C=O) groups is 1. The molecule has 0 aliphatic rings. The maximum atomic E-state index is 14.1. The molecule has 4 nitrogen and oxygen atoms in total. The fourth-order valence-corrected chi connectivity index (χ4v) is 3.14. The van der Waals surface area contributed by atoms with Crippen molar-refractivity contribution in [2.75, 3.05) is 0 Å². The van der Waals surface area contributed by atoms with Gasteiger partial charge in [-0.05, 0) is 32.0 Å². The Morgan fingerprint density at radius 3 is 2.48 bits per heavy atom. The minimum atomic E-state index is -0.837. The smallest absolute Gasteiger partial charge is 0.154 e. The van der Waals surface area contributed by atoms with Crippen LogP contribution >= 0.6 is 11.8 Å². The number of carbonyl (C=O) groups excluding carboxylic acids is 1. The lowest BCUT2D eigenvalue weighted by atomic mass is 9.92. The lowest BCUT2D eigenvalue weighted by Gasteiger charge is -2.22. The van der Waals surface area contributed by atoms with Crippen LogP contribution in [0.15, 0.2) is 33.7 Å². The van der Waals surface area contributed by atoms with Crippen LogP contribution < -0.4 is 0 Å². The molecule has 1 aromatic heterocycles. The van der Waals surface area contributed by atoms with Crippen molar-refractivity contribution in [2.45, 2.75) is 56.1 Å². The van der Waals surface area contributed by atoms with Gasteiger partial charge in [0.05, 0.1) is 28.5 Å². The largest absolute Gasteiger partial charge is 0.361 e. The molecule has 0 N–H and O–H groups in total. The summed E-state index contributed by atoms with van der Waals surface area (Å²) in [6.07, 6.45) is 0.122. The summed E-state index contributed by atoms with van der Waals surface area (Å²) in [6, 6.07) is 7.93. The highest BCUT2D eigenvalue weighted by Crippen LogP contribution is 2.36. The van der Waals surface area contributed by atoms with Gasteiger partial charge in [-0.15, -0.1) is 11.8 Å². The average molecular weight is 360 g/mol. The van der Waals surface area contributed by atoms with Gasteiger partial charge in [-0.25, -0.2) is 4.39 Å². The van der Waals surface area contributed by atoms with E-state index in [-0.39, 0.29) is 23.2 Å². The summed E-state index contributed by atoms with van der Waals surface area (Å²) in [4.78, 5) is 13.0. The van der Waals surface area contributed by atoms with Gasteiger partial charge in [0.1, 0.15) is 11.6 Å². The van der Waals surface area contributed by atoms with Crippen LogP contribution in [0.25, 0.3) is 0 Å². The van der Waals surface area contributed by atoms with E-state index in [1.54, 1.807) is 26.0 Å². The quantitative estimate of drug-likeness (QED) is 0.725. The van der Waals surface area contributed by atoms with E-state index >= 15 is 0 Å². The van der Waals surface area contributed by atoms with Gasteiger partial charge in [0.15, 0.2) is 5.78 Å². The van der Waals surface area contributed by atoms with Crippen molar-refractivity contribution in [1.29, 1.82) is 5.26 Å². The summed E-state index contributed by atoms with van der Waals surface area (Å²) in [5.41, 5.74) is 0.650. The molecule has 0 aliphatic heterocycles. The highest BCUT2D eigenvalue weighted by Gasteiger charge is 2.31. The van der Waals surface area contributed by atoms with Gasteiger partial charge in [-0.1, -0.05) is 25.9 Å². The number of Topliss-reactive ketones (excluding diaryl/α,β-unsaturated/α-hetero) is 1. The van der Waals surface area contributed by atoms with E-state index in [0.717, 1.165) is 17.5 Å². The molecule has 0 radical (unpaired) electrons. The molecule has 0 unspecified atom stereocenters. The van der Waals surface area contributed by atoms with Crippen LogP contribution in [-0.2, 0) is 16.6 Å². The number of aromatic nitrogens is 1. The fourth-order valence-electron chi connectivity index (χ4n) is 2.11. The number of nitriles is 1. The molecule has 1 aromatic carbocycles. The zero-order chi connectivity index (χ0) is 18.8. The number of rotatable bonds is 5. The lowest BCUT2D eigenvalue weighted by molar-refractivity contribution is -0.120. The van der Waals surface area contributed by atoms with Gasteiger partial charge < -0.3 is 4.52 Å². The number of hydrogen-bond donors (Lipinski definition) is 0. The lowest BCUT2D eigenvalue weighted by Crippen LogP contribution is -2.29. The second-order valence-electron chi connectivity index (χ2n) is 7.40. The molecule has 0 bridgehead atoms. The first-order valence-electron chi connectivity index (χ1n) is 7.91. The van der Waals surface area contributed by atoms with Crippen LogP contribution in [0.5, 0.6) is 0 Å². The van der Waals surface area contributed by atoms with Crippen molar-refractivity contribution in [3.8, 4) is 6.07 Å². The standard InChI is InChI=1S/C19H21FN2O2S/c1-18(2,3)17-10-13(22-24-17)9-16(23)19(4,5)25-15-7-6-12(11-21)8-14(15)20/h6-8,10H,9H2,1-5H3. The third-order valence-corrected chi connectivity index (χ3v) is 5.03. The zero-order valence-electron chi connectivity index (χ0n) is 15.0. The number of thioether (sulfide) groups is 1. The predicted octanol–water partition coefficient (Wildman–Crippen LogP) is 4.67. The normalized spacial score (nSPS) is 12.0. The Morgan fingerprint density at radius 1 is 1.28 bits per heavy atom. The second kappa shape index (κ2) is 7.01. The monoisotopic (exact) mass is 360 g/mol. The minimum absolute atomic E-state index is 0.0741. The van der Waals surface area contributed by atoms with Gasteiger partial charge >= 0.3 is 0 Å². The Balaban J connectivity index is 2.12. The van der Waals surface area contributed by atoms with E-state index in [2.05, 4.69) is 5.16 Å². The van der Waals surface area contributed by atoms with E-state index in [1.165, 1.54) is 12.1 Å². The molecule has 0 amide bonds. The molecule has 25 heavy (non-hydrogen) atoms. The van der Waals surface area contributed by atoms with E-state index < -0.39 is 10.6 Å². The van der Waals surface area contributed by atoms with E-state index in [4.69, 9.17) is 9.78 Å². The summed E-state index contributed by atoms with van der Waals surface area (Å²) < 4.78 is 18.6. The third kappa shape index (κ3) is 4.70. The molecule has 2 rings (SSSR count). The molecule has 2 aromatic rings. The third-order valence-electron chi connectivity index (χ3n) is 3.74. The molecular formula is C19H21FN2O2S. The topological polar surface area (TPSA) is 66.9 Å². The summed E-state index contributed by atoms with van der Waals surface area (Å²) in [5.74, 6) is 0.148. The van der Waals surface area contributed by atoms with E-state index in [9.17, 15) is 9.18 Å². The van der Waals surface area contributed by atoms with Gasteiger partial charge in [0.2, 0.25) is 0 Å². The maximum absolute atomic E-state index is 14.1. The number of hydrogen-bond acceptors (Lipinski definition) is 5. The first-order chi connectivity index (χ1) is 11.5. The van der Waals surface area contributed by atoms with Gasteiger partial charge in [-0.3, -0.25) is 4.79 Å². The van der Waals surface area contributed by atoms with Crippen molar-refractivity contribution >= 4 is 17.5 Å². The van der Waals surface area contributed by atoms with E-state index in [1.807, 2.05) is 26.8 Å². The van der Waals surface area contributed by atoms with Crippen molar-refractivity contribution in [3.05, 3.63) is 47.1 Å². The van der Waals surface area contributed by atoms with Gasteiger partial charge in [0, 0.05) is 16.4 Å². The highest BCUT2D eigenvalue weighted by atomic mass is 32.2.